The Morgan fingerprint density at radius 2 is 1.86 bits per heavy atom. The minimum absolute atomic E-state index is 0.380. The highest BCUT2D eigenvalue weighted by molar-refractivity contribution is 5.82. The molecule has 0 aliphatic carbocycles. The van der Waals surface area contributed by atoms with Crippen molar-refractivity contribution in [1.29, 1.82) is 0 Å². The third kappa shape index (κ3) is 12.1. The molecule has 21 heavy (non-hydrogen) atoms. The predicted octanol–water partition coefficient (Wildman–Crippen LogP) is 2.70. The lowest BCUT2D eigenvalue weighted by atomic mass is 10.1. The van der Waals surface area contributed by atoms with Gasteiger partial charge in [0.1, 0.15) is 5.60 Å². The van der Waals surface area contributed by atoms with E-state index in [1.165, 1.54) is 6.08 Å². The second-order valence-corrected chi connectivity index (χ2v) is 5.95. The largest absolute Gasteiger partial charge is 0.457 e. The summed E-state index contributed by atoms with van der Waals surface area (Å²) in [7, 11) is 0. The van der Waals surface area contributed by atoms with Crippen molar-refractivity contribution < 1.29 is 14.6 Å². The maximum absolute atomic E-state index is 11.5. The quantitative estimate of drug-likeness (QED) is 0.382. The van der Waals surface area contributed by atoms with Crippen LogP contribution in [0, 0.1) is 0 Å². The molecule has 4 heteroatoms. The number of nitrogens with zero attached hydrogens (tertiary/aromatic N) is 1. The van der Waals surface area contributed by atoms with Crippen molar-refractivity contribution in [2.45, 2.75) is 45.3 Å². The summed E-state index contributed by atoms with van der Waals surface area (Å²) in [4.78, 5) is 13.6. The maximum atomic E-state index is 11.5. The zero-order valence-electron chi connectivity index (χ0n) is 13.5. The Hall–Kier alpha value is -1.39. The van der Waals surface area contributed by atoms with Gasteiger partial charge in [0, 0.05) is 25.7 Å². The lowest BCUT2D eigenvalue weighted by Gasteiger charge is -2.20. The molecule has 0 fully saturated rings. The summed E-state index contributed by atoms with van der Waals surface area (Å²) in [5.41, 5.74) is -0.490. The minimum atomic E-state index is -0.490. The van der Waals surface area contributed by atoms with Crippen molar-refractivity contribution in [2.24, 2.45) is 0 Å². The Kier molecular flexibility index (Phi) is 9.67. The van der Waals surface area contributed by atoms with Crippen LogP contribution in [0.2, 0.25) is 0 Å². The van der Waals surface area contributed by atoms with E-state index in [-0.39, 0.29) is 5.97 Å². The Bertz CT molecular complexity index is 346. The van der Waals surface area contributed by atoms with Crippen LogP contribution in [0.5, 0.6) is 0 Å². The molecule has 0 rings (SSSR count). The number of hydrogen-bond acceptors (Lipinski definition) is 4. The van der Waals surface area contributed by atoms with Gasteiger partial charge >= 0.3 is 5.97 Å². The molecule has 0 heterocycles. The average molecular weight is 295 g/mol. The molecule has 0 aromatic heterocycles. The van der Waals surface area contributed by atoms with E-state index in [0.29, 0.717) is 12.8 Å². The Balaban J connectivity index is 4.03. The molecule has 1 N–H and O–H groups in total. The number of hydrogen-bond donors (Lipinski definition) is 1. The SMILES string of the molecule is C=CCN(CC=C)CCC(O)C/C=C/C(=O)OC(C)(C)C. The number of carbonyl (C=O) groups is 1. The van der Waals surface area contributed by atoms with E-state index in [0.717, 1.165) is 19.6 Å². The van der Waals surface area contributed by atoms with Gasteiger partial charge in [-0.2, -0.15) is 0 Å². The molecule has 0 radical (unpaired) electrons. The molecule has 0 aliphatic heterocycles. The van der Waals surface area contributed by atoms with Crippen molar-refractivity contribution in [2.75, 3.05) is 19.6 Å². The first kappa shape index (κ1) is 19.6. The zero-order chi connectivity index (χ0) is 16.3. The molecule has 120 valence electrons. The van der Waals surface area contributed by atoms with Crippen molar-refractivity contribution in [1.82, 2.24) is 4.90 Å². The van der Waals surface area contributed by atoms with Gasteiger partial charge in [-0.15, -0.1) is 13.2 Å². The first-order valence-electron chi connectivity index (χ1n) is 7.30. The van der Waals surface area contributed by atoms with Crippen LogP contribution in [-0.2, 0) is 9.53 Å². The number of carbonyl (C=O) groups excluding carboxylic acids is 1. The molecule has 4 nitrogen and oxygen atoms in total. The summed E-state index contributed by atoms with van der Waals surface area (Å²) >= 11 is 0. The summed E-state index contributed by atoms with van der Waals surface area (Å²) in [6.07, 6.45) is 7.30. The van der Waals surface area contributed by atoms with E-state index < -0.39 is 11.7 Å². The lowest BCUT2D eigenvalue weighted by Crippen LogP contribution is -2.27. The van der Waals surface area contributed by atoms with Crippen LogP contribution in [-0.4, -0.2) is 47.3 Å². The highest BCUT2D eigenvalue weighted by atomic mass is 16.6. The van der Waals surface area contributed by atoms with E-state index in [1.807, 2.05) is 32.9 Å². The van der Waals surface area contributed by atoms with Gasteiger partial charge in [-0.1, -0.05) is 18.2 Å². The fraction of sp³-hybridized carbons (Fsp3) is 0.588. The second kappa shape index (κ2) is 10.4. The predicted molar refractivity (Wildman–Crippen MR) is 87.1 cm³/mol. The topological polar surface area (TPSA) is 49.8 Å². The average Bonchev–Trinajstić information content (AvgIpc) is 2.34. The van der Waals surface area contributed by atoms with Crippen LogP contribution < -0.4 is 0 Å². The molecular weight excluding hydrogens is 266 g/mol. The minimum Gasteiger partial charge on any atom is -0.457 e. The van der Waals surface area contributed by atoms with Crippen LogP contribution in [0.1, 0.15) is 33.6 Å². The van der Waals surface area contributed by atoms with E-state index in [4.69, 9.17) is 4.74 Å². The summed E-state index contributed by atoms with van der Waals surface area (Å²) in [5.74, 6) is -0.380. The standard InChI is InChI=1S/C17H29NO3/c1-6-12-18(13-7-2)14-11-15(19)9-8-10-16(20)21-17(3,4)5/h6-8,10,15,19H,1-2,9,11-14H2,3-5H3/b10-8+. The van der Waals surface area contributed by atoms with Crippen LogP contribution in [0.3, 0.4) is 0 Å². The Labute approximate surface area is 128 Å². The molecule has 1 unspecified atom stereocenters. The van der Waals surface area contributed by atoms with Crippen molar-refractivity contribution in [3.8, 4) is 0 Å². The monoisotopic (exact) mass is 295 g/mol. The molecule has 0 spiro atoms. The molecular formula is C17H29NO3. The number of aliphatic hydroxyl groups is 1. The van der Waals surface area contributed by atoms with Crippen LogP contribution >= 0.6 is 0 Å². The summed E-state index contributed by atoms with van der Waals surface area (Å²) in [5, 5.41) is 9.90. The van der Waals surface area contributed by atoms with Gasteiger partial charge in [0.25, 0.3) is 0 Å². The van der Waals surface area contributed by atoms with Gasteiger partial charge in [-0.25, -0.2) is 4.79 Å². The molecule has 1 atom stereocenters. The van der Waals surface area contributed by atoms with Crippen molar-refractivity contribution in [3.63, 3.8) is 0 Å². The second-order valence-electron chi connectivity index (χ2n) is 5.95. The van der Waals surface area contributed by atoms with Crippen molar-refractivity contribution in [3.05, 3.63) is 37.5 Å². The molecule has 0 aromatic rings. The van der Waals surface area contributed by atoms with Gasteiger partial charge in [0.2, 0.25) is 0 Å². The van der Waals surface area contributed by atoms with Gasteiger partial charge in [0.15, 0.2) is 0 Å². The number of rotatable bonds is 10. The van der Waals surface area contributed by atoms with E-state index in [2.05, 4.69) is 18.1 Å². The van der Waals surface area contributed by atoms with Crippen LogP contribution in [0.4, 0.5) is 0 Å². The Morgan fingerprint density at radius 1 is 1.29 bits per heavy atom. The Morgan fingerprint density at radius 3 is 2.33 bits per heavy atom. The maximum Gasteiger partial charge on any atom is 0.330 e. The fourth-order valence-electron chi connectivity index (χ4n) is 1.73. The van der Waals surface area contributed by atoms with Gasteiger partial charge < -0.3 is 9.84 Å². The number of ether oxygens (including phenoxy) is 1. The number of esters is 1. The summed E-state index contributed by atoms with van der Waals surface area (Å²) in [6, 6.07) is 0. The fourth-order valence-corrected chi connectivity index (χ4v) is 1.73. The molecule has 0 aliphatic rings. The number of aliphatic hydroxyl groups excluding tert-OH is 1. The third-order valence-corrected chi connectivity index (χ3v) is 2.62. The molecule has 0 bridgehead atoms. The van der Waals surface area contributed by atoms with Gasteiger partial charge in [-0.05, 0) is 33.6 Å². The van der Waals surface area contributed by atoms with E-state index >= 15 is 0 Å². The summed E-state index contributed by atoms with van der Waals surface area (Å²) in [6.45, 7) is 15.2. The first-order valence-corrected chi connectivity index (χ1v) is 7.30. The first-order chi connectivity index (χ1) is 9.78. The smallest absolute Gasteiger partial charge is 0.330 e. The van der Waals surface area contributed by atoms with E-state index in [1.54, 1.807) is 6.08 Å². The normalized spacial score (nSPS) is 13.4. The van der Waals surface area contributed by atoms with Gasteiger partial charge in [-0.3, -0.25) is 4.90 Å². The van der Waals surface area contributed by atoms with Crippen LogP contribution in [0.15, 0.2) is 37.5 Å². The van der Waals surface area contributed by atoms with Gasteiger partial charge in [0.05, 0.1) is 6.10 Å². The highest BCUT2D eigenvalue weighted by Crippen LogP contribution is 2.08. The lowest BCUT2D eigenvalue weighted by molar-refractivity contribution is -0.148. The highest BCUT2D eigenvalue weighted by Gasteiger charge is 2.14. The molecule has 0 saturated heterocycles. The summed E-state index contributed by atoms with van der Waals surface area (Å²) < 4.78 is 5.14. The van der Waals surface area contributed by atoms with Crippen LogP contribution in [0.25, 0.3) is 0 Å². The molecule has 0 aromatic carbocycles. The third-order valence-electron chi connectivity index (χ3n) is 2.62. The zero-order valence-corrected chi connectivity index (χ0v) is 13.5. The van der Waals surface area contributed by atoms with Crippen molar-refractivity contribution >= 4 is 5.97 Å². The molecule has 0 saturated carbocycles. The molecule has 0 amide bonds. The van der Waals surface area contributed by atoms with E-state index in [9.17, 15) is 9.90 Å².